The first-order valence-electron chi connectivity index (χ1n) is 9.43. The molecule has 136 valence electrons. The first-order valence-corrected chi connectivity index (χ1v) is 9.43. The van der Waals surface area contributed by atoms with E-state index in [9.17, 15) is 4.79 Å². The van der Waals surface area contributed by atoms with Crippen LogP contribution in [0.4, 0.5) is 0 Å². The highest BCUT2D eigenvalue weighted by Gasteiger charge is 2.41. The van der Waals surface area contributed by atoms with E-state index in [1.165, 1.54) is 6.42 Å². The summed E-state index contributed by atoms with van der Waals surface area (Å²) >= 11 is 0. The lowest BCUT2D eigenvalue weighted by Gasteiger charge is -2.21. The average Bonchev–Trinajstić information content (AvgIpc) is 3.24. The van der Waals surface area contributed by atoms with Crippen LogP contribution >= 0.6 is 0 Å². The molecule has 4 nitrogen and oxygen atoms in total. The predicted molar refractivity (Wildman–Crippen MR) is 102 cm³/mol. The van der Waals surface area contributed by atoms with Crippen molar-refractivity contribution in [2.75, 3.05) is 26.7 Å². The van der Waals surface area contributed by atoms with E-state index in [0.29, 0.717) is 25.0 Å². The highest BCUT2D eigenvalue weighted by Crippen LogP contribution is 2.31. The van der Waals surface area contributed by atoms with Crippen LogP contribution in [0.5, 0.6) is 5.75 Å². The second kappa shape index (κ2) is 7.50. The summed E-state index contributed by atoms with van der Waals surface area (Å²) in [5.41, 5.74) is 2.10. The van der Waals surface area contributed by atoms with Gasteiger partial charge in [0.1, 0.15) is 12.4 Å². The normalized spacial score (nSPS) is 22.4. The van der Waals surface area contributed by atoms with Crippen molar-refractivity contribution in [3.05, 3.63) is 65.7 Å². The Hall–Kier alpha value is -2.33. The molecule has 0 radical (unpaired) electrons. The number of nitrogens with zero attached hydrogens (tertiary/aromatic N) is 2. The summed E-state index contributed by atoms with van der Waals surface area (Å²) in [4.78, 5) is 17.3. The van der Waals surface area contributed by atoms with Gasteiger partial charge < -0.3 is 14.5 Å². The van der Waals surface area contributed by atoms with Crippen LogP contribution in [0.1, 0.15) is 17.5 Å². The smallest absolute Gasteiger partial charge is 0.227 e. The van der Waals surface area contributed by atoms with E-state index in [2.05, 4.69) is 11.9 Å². The first-order chi connectivity index (χ1) is 12.7. The van der Waals surface area contributed by atoms with Crippen LogP contribution in [0.15, 0.2) is 54.6 Å². The second-order valence-electron chi connectivity index (χ2n) is 7.45. The molecular formula is C22H26N2O2. The van der Waals surface area contributed by atoms with Gasteiger partial charge >= 0.3 is 0 Å². The molecule has 2 atom stereocenters. The Labute approximate surface area is 155 Å². The highest BCUT2D eigenvalue weighted by atomic mass is 16.5. The van der Waals surface area contributed by atoms with Crippen molar-refractivity contribution in [3.63, 3.8) is 0 Å². The summed E-state index contributed by atoms with van der Waals surface area (Å²) in [6.45, 7) is 3.45. The van der Waals surface area contributed by atoms with Crippen molar-refractivity contribution in [3.8, 4) is 5.75 Å². The summed E-state index contributed by atoms with van der Waals surface area (Å²) in [5, 5.41) is 0. The summed E-state index contributed by atoms with van der Waals surface area (Å²) < 4.78 is 6.00. The fraction of sp³-hybridized carbons (Fsp3) is 0.409. The van der Waals surface area contributed by atoms with Crippen molar-refractivity contribution in [2.24, 2.45) is 5.92 Å². The maximum Gasteiger partial charge on any atom is 0.227 e. The van der Waals surface area contributed by atoms with Gasteiger partial charge in [-0.3, -0.25) is 4.79 Å². The number of hydrogen-bond acceptors (Lipinski definition) is 3. The van der Waals surface area contributed by atoms with E-state index in [1.54, 1.807) is 0 Å². The highest BCUT2D eigenvalue weighted by molar-refractivity contribution is 5.80. The lowest BCUT2D eigenvalue weighted by atomic mass is 10.1. The molecule has 0 spiro atoms. The molecule has 2 heterocycles. The van der Waals surface area contributed by atoms with Gasteiger partial charge in [0, 0.05) is 24.7 Å². The quantitative estimate of drug-likeness (QED) is 0.831. The molecule has 0 N–H and O–H groups in total. The summed E-state index contributed by atoms with van der Waals surface area (Å²) in [5.74, 6) is 1.67. The van der Waals surface area contributed by atoms with Crippen LogP contribution < -0.4 is 4.74 Å². The molecule has 0 aliphatic carbocycles. The van der Waals surface area contributed by atoms with Crippen LogP contribution in [0, 0.1) is 5.92 Å². The summed E-state index contributed by atoms with van der Waals surface area (Å²) in [6.07, 6.45) is 1.62. The van der Waals surface area contributed by atoms with Gasteiger partial charge in [-0.25, -0.2) is 0 Å². The standard InChI is InChI=1S/C22H26N2O2/c1-23-12-11-19-14-24(15-20(19)23)22(25)13-18-9-5-6-10-21(18)26-16-17-7-3-2-4-8-17/h2-10,19-20H,11-16H2,1H3. The maximum absolute atomic E-state index is 12.8. The van der Waals surface area contributed by atoms with Gasteiger partial charge in [-0.1, -0.05) is 48.5 Å². The molecule has 0 saturated carbocycles. The zero-order valence-corrected chi connectivity index (χ0v) is 15.3. The lowest BCUT2D eigenvalue weighted by molar-refractivity contribution is -0.129. The van der Waals surface area contributed by atoms with E-state index in [1.807, 2.05) is 59.5 Å². The average molecular weight is 350 g/mol. The van der Waals surface area contributed by atoms with Crippen LogP contribution in [0.3, 0.4) is 0 Å². The topological polar surface area (TPSA) is 32.8 Å². The zero-order valence-electron chi connectivity index (χ0n) is 15.3. The van der Waals surface area contributed by atoms with Gasteiger partial charge in [-0.2, -0.15) is 0 Å². The molecule has 2 aliphatic rings. The molecule has 2 unspecified atom stereocenters. The largest absolute Gasteiger partial charge is 0.489 e. The summed E-state index contributed by atoms with van der Waals surface area (Å²) in [6, 6.07) is 18.6. The third-order valence-electron chi connectivity index (χ3n) is 5.73. The molecule has 1 amide bonds. The zero-order chi connectivity index (χ0) is 17.9. The van der Waals surface area contributed by atoms with Gasteiger partial charge in [-0.15, -0.1) is 0 Å². The fourth-order valence-corrected chi connectivity index (χ4v) is 4.18. The third kappa shape index (κ3) is 3.61. The Morgan fingerprint density at radius 2 is 1.85 bits per heavy atom. The molecule has 4 rings (SSSR count). The number of fused-ring (bicyclic) bond motifs is 1. The van der Waals surface area contributed by atoms with E-state index in [0.717, 1.165) is 36.5 Å². The third-order valence-corrected chi connectivity index (χ3v) is 5.73. The number of rotatable bonds is 5. The molecule has 2 saturated heterocycles. The van der Waals surface area contributed by atoms with Crippen molar-refractivity contribution in [2.45, 2.75) is 25.5 Å². The van der Waals surface area contributed by atoms with Gasteiger partial charge in [0.15, 0.2) is 0 Å². The second-order valence-corrected chi connectivity index (χ2v) is 7.45. The van der Waals surface area contributed by atoms with Gasteiger partial charge in [0.2, 0.25) is 5.91 Å². The van der Waals surface area contributed by atoms with Crippen LogP contribution in [0.25, 0.3) is 0 Å². The monoisotopic (exact) mass is 350 g/mol. The molecule has 26 heavy (non-hydrogen) atoms. The fourth-order valence-electron chi connectivity index (χ4n) is 4.18. The number of amides is 1. The Morgan fingerprint density at radius 1 is 1.08 bits per heavy atom. The molecule has 4 heteroatoms. The molecule has 2 aliphatic heterocycles. The van der Waals surface area contributed by atoms with Gasteiger partial charge in [0.05, 0.1) is 6.42 Å². The number of para-hydroxylation sites is 1. The van der Waals surface area contributed by atoms with Crippen LogP contribution in [-0.4, -0.2) is 48.4 Å². The Morgan fingerprint density at radius 3 is 2.65 bits per heavy atom. The van der Waals surface area contributed by atoms with E-state index in [4.69, 9.17) is 4.74 Å². The van der Waals surface area contributed by atoms with Crippen molar-refractivity contribution >= 4 is 5.91 Å². The molecule has 2 fully saturated rings. The van der Waals surface area contributed by atoms with E-state index < -0.39 is 0 Å². The molecule has 0 aromatic heterocycles. The van der Waals surface area contributed by atoms with Crippen molar-refractivity contribution < 1.29 is 9.53 Å². The van der Waals surface area contributed by atoms with Crippen LogP contribution in [0.2, 0.25) is 0 Å². The van der Waals surface area contributed by atoms with Gasteiger partial charge in [0.25, 0.3) is 0 Å². The lowest BCUT2D eigenvalue weighted by Crippen LogP contribution is -2.35. The minimum atomic E-state index is 0.212. The van der Waals surface area contributed by atoms with E-state index in [-0.39, 0.29) is 5.91 Å². The number of benzene rings is 2. The number of carbonyl (C=O) groups excluding carboxylic acids is 1. The molecule has 0 bridgehead atoms. The minimum Gasteiger partial charge on any atom is -0.489 e. The maximum atomic E-state index is 12.8. The van der Waals surface area contributed by atoms with Crippen LogP contribution in [-0.2, 0) is 17.8 Å². The molecule has 2 aromatic rings. The number of likely N-dealkylation sites (tertiary alicyclic amines) is 2. The Balaban J connectivity index is 1.39. The van der Waals surface area contributed by atoms with Crippen molar-refractivity contribution in [1.29, 1.82) is 0 Å². The summed E-state index contributed by atoms with van der Waals surface area (Å²) in [7, 11) is 2.17. The Bertz CT molecular complexity index is 762. The number of hydrogen-bond donors (Lipinski definition) is 0. The number of carbonyl (C=O) groups is 1. The SMILES string of the molecule is CN1CCC2CN(C(=O)Cc3ccccc3OCc3ccccc3)CC21. The van der Waals surface area contributed by atoms with Crippen molar-refractivity contribution in [1.82, 2.24) is 9.80 Å². The molecule has 2 aromatic carbocycles. The number of ether oxygens (including phenoxy) is 1. The number of likely N-dealkylation sites (N-methyl/N-ethyl adjacent to an activating group) is 1. The van der Waals surface area contributed by atoms with E-state index >= 15 is 0 Å². The first kappa shape index (κ1) is 17.1. The Kier molecular flexibility index (Phi) is 4.93. The minimum absolute atomic E-state index is 0.212. The molecular weight excluding hydrogens is 324 g/mol. The predicted octanol–water partition coefficient (Wildman–Crippen LogP) is 2.97. The van der Waals surface area contributed by atoms with Gasteiger partial charge in [-0.05, 0) is 37.6 Å².